The van der Waals surface area contributed by atoms with E-state index in [-0.39, 0.29) is 18.6 Å². The van der Waals surface area contributed by atoms with E-state index in [2.05, 4.69) is 5.32 Å². The molecule has 0 aromatic heterocycles. The molecule has 3 rings (SSSR count). The summed E-state index contributed by atoms with van der Waals surface area (Å²) < 4.78 is 10.8. The van der Waals surface area contributed by atoms with Crippen LogP contribution in [0.4, 0.5) is 0 Å². The Morgan fingerprint density at radius 3 is 2.52 bits per heavy atom. The molecular weight excluding hydrogens is 368 g/mol. The van der Waals surface area contributed by atoms with Crippen molar-refractivity contribution in [2.45, 2.75) is 45.7 Å². The van der Waals surface area contributed by atoms with Gasteiger partial charge in [0.2, 0.25) is 18.6 Å². The molecule has 0 radical (unpaired) electrons. The van der Waals surface area contributed by atoms with Gasteiger partial charge < -0.3 is 19.7 Å². The van der Waals surface area contributed by atoms with Gasteiger partial charge in [0.25, 0.3) is 0 Å². The lowest BCUT2D eigenvalue weighted by Gasteiger charge is -2.30. The maximum atomic E-state index is 13.2. The molecule has 1 aliphatic heterocycles. The molecule has 29 heavy (non-hydrogen) atoms. The summed E-state index contributed by atoms with van der Waals surface area (Å²) in [6.07, 6.45) is 1.46. The molecule has 0 bridgehead atoms. The summed E-state index contributed by atoms with van der Waals surface area (Å²) in [7, 11) is 0. The van der Waals surface area contributed by atoms with Crippen molar-refractivity contribution in [2.75, 3.05) is 13.3 Å². The Bertz CT molecular complexity index is 838. The van der Waals surface area contributed by atoms with Crippen LogP contribution in [0.5, 0.6) is 11.5 Å². The molecule has 0 saturated carbocycles. The fourth-order valence-electron chi connectivity index (χ4n) is 3.48. The van der Waals surface area contributed by atoms with Crippen molar-refractivity contribution in [3.05, 3.63) is 59.7 Å². The molecule has 6 nitrogen and oxygen atoms in total. The van der Waals surface area contributed by atoms with Gasteiger partial charge in [0.15, 0.2) is 11.5 Å². The summed E-state index contributed by atoms with van der Waals surface area (Å²) in [5, 5.41) is 2.86. The Balaban J connectivity index is 1.73. The third-order valence-electron chi connectivity index (χ3n) is 5.00. The van der Waals surface area contributed by atoms with Crippen LogP contribution in [0, 0.1) is 0 Å². The lowest BCUT2D eigenvalue weighted by Crippen LogP contribution is -2.49. The monoisotopic (exact) mass is 396 g/mol. The highest BCUT2D eigenvalue weighted by Gasteiger charge is 2.28. The number of hydrogen-bond acceptors (Lipinski definition) is 4. The molecule has 1 aliphatic rings. The maximum Gasteiger partial charge on any atom is 0.242 e. The lowest BCUT2D eigenvalue weighted by atomic mass is 10.1. The van der Waals surface area contributed by atoms with Crippen LogP contribution in [0.25, 0.3) is 0 Å². The van der Waals surface area contributed by atoms with Crippen molar-refractivity contribution in [2.24, 2.45) is 0 Å². The highest BCUT2D eigenvalue weighted by molar-refractivity contribution is 5.87. The molecule has 0 aliphatic carbocycles. The number of carbonyl (C=O) groups excluding carboxylic acids is 2. The molecule has 0 spiro atoms. The average Bonchev–Trinajstić information content (AvgIpc) is 3.20. The quantitative estimate of drug-likeness (QED) is 0.706. The molecule has 1 atom stereocenters. The Kier molecular flexibility index (Phi) is 7.11. The summed E-state index contributed by atoms with van der Waals surface area (Å²) in [4.78, 5) is 27.4. The third-order valence-corrected chi connectivity index (χ3v) is 5.00. The summed E-state index contributed by atoms with van der Waals surface area (Å²) in [5.74, 6) is 1.30. The molecule has 0 saturated heterocycles. The predicted molar refractivity (Wildman–Crippen MR) is 111 cm³/mol. The molecular formula is C23H28N2O4. The van der Waals surface area contributed by atoms with Crippen LogP contribution in [-0.2, 0) is 22.6 Å². The minimum atomic E-state index is -0.487. The normalized spacial score (nSPS) is 13.0. The second kappa shape index (κ2) is 9.96. The lowest BCUT2D eigenvalue weighted by molar-refractivity contribution is -0.141. The van der Waals surface area contributed by atoms with Gasteiger partial charge in [-0.15, -0.1) is 0 Å². The van der Waals surface area contributed by atoms with Crippen molar-refractivity contribution in [1.29, 1.82) is 0 Å². The number of hydrogen-bond donors (Lipinski definition) is 1. The second-order valence-electron chi connectivity index (χ2n) is 7.01. The topological polar surface area (TPSA) is 67.9 Å². The zero-order chi connectivity index (χ0) is 20.6. The number of aryl methyl sites for hydroxylation is 1. The molecule has 2 amide bonds. The van der Waals surface area contributed by atoms with Gasteiger partial charge in [-0.1, -0.05) is 43.3 Å². The zero-order valence-corrected chi connectivity index (χ0v) is 17.0. The zero-order valence-electron chi connectivity index (χ0n) is 17.0. The molecule has 1 heterocycles. The summed E-state index contributed by atoms with van der Waals surface area (Å²) in [6, 6.07) is 15.0. The Morgan fingerprint density at radius 2 is 1.79 bits per heavy atom. The number of fused-ring (bicyclic) bond motifs is 1. The van der Waals surface area contributed by atoms with Crippen LogP contribution >= 0.6 is 0 Å². The highest BCUT2D eigenvalue weighted by atomic mass is 16.7. The number of amides is 2. The van der Waals surface area contributed by atoms with Crippen LogP contribution in [-0.4, -0.2) is 36.1 Å². The van der Waals surface area contributed by atoms with Gasteiger partial charge in [-0.2, -0.15) is 0 Å². The Morgan fingerprint density at radius 1 is 1.03 bits per heavy atom. The van der Waals surface area contributed by atoms with Gasteiger partial charge in [0.05, 0.1) is 0 Å². The van der Waals surface area contributed by atoms with Crippen molar-refractivity contribution in [3.8, 4) is 11.5 Å². The number of benzene rings is 2. The van der Waals surface area contributed by atoms with Gasteiger partial charge in [-0.25, -0.2) is 0 Å². The van der Waals surface area contributed by atoms with Crippen molar-refractivity contribution in [1.82, 2.24) is 10.2 Å². The van der Waals surface area contributed by atoms with Gasteiger partial charge in [0, 0.05) is 19.5 Å². The van der Waals surface area contributed by atoms with Crippen molar-refractivity contribution >= 4 is 11.8 Å². The van der Waals surface area contributed by atoms with E-state index in [0.29, 0.717) is 38.1 Å². The van der Waals surface area contributed by atoms with Gasteiger partial charge in [-0.3, -0.25) is 9.59 Å². The molecule has 1 N–H and O–H groups in total. The second-order valence-corrected chi connectivity index (χ2v) is 7.01. The van der Waals surface area contributed by atoms with Crippen molar-refractivity contribution in [3.63, 3.8) is 0 Å². The minimum absolute atomic E-state index is 0.0374. The highest BCUT2D eigenvalue weighted by Crippen LogP contribution is 2.32. The summed E-state index contributed by atoms with van der Waals surface area (Å²) >= 11 is 0. The van der Waals surface area contributed by atoms with Crippen LogP contribution in [0.2, 0.25) is 0 Å². The Labute approximate surface area is 171 Å². The van der Waals surface area contributed by atoms with Crippen LogP contribution in [0.1, 0.15) is 37.8 Å². The number of nitrogens with one attached hydrogen (secondary N) is 1. The predicted octanol–water partition coefficient (Wildman–Crippen LogP) is 3.29. The van der Waals surface area contributed by atoms with Gasteiger partial charge >= 0.3 is 0 Å². The first-order valence-corrected chi connectivity index (χ1v) is 10.1. The number of rotatable bonds is 9. The van der Waals surface area contributed by atoms with E-state index in [9.17, 15) is 9.59 Å². The molecule has 6 heteroatoms. The van der Waals surface area contributed by atoms with E-state index in [0.717, 1.165) is 16.9 Å². The van der Waals surface area contributed by atoms with E-state index in [1.165, 1.54) is 0 Å². The Hall–Kier alpha value is -3.02. The fourth-order valence-corrected chi connectivity index (χ4v) is 3.48. The first-order valence-electron chi connectivity index (χ1n) is 10.1. The maximum absolute atomic E-state index is 13.2. The molecule has 154 valence electrons. The van der Waals surface area contributed by atoms with E-state index in [4.69, 9.17) is 9.47 Å². The number of ether oxygens (including phenoxy) is 2. The van der Waals surface area contributed by atoms with E-state index in [1.807, 2.05) is 62.4 Å². The number of carbonyl (C=O) groups is 2. The molecule has 2 aromatic rings. The average molecular weight is 396 g/mol. The van der Waals surface area contributed by atoms with E-state index >= 15 is 0 Å². The van der Waals surface area contributed by atoms with Crippen molar-refractivity contribution < 1.29 is 19.1 Å². The standard InChI is InChI=1S/C23H28N2O4/c1-3-19(23(27)24-4-2)25(15-18-8-6-5-7-9-18)22(26)13-11-17-10-12-20-21(14-17)29-16-28-20/h5-10,12,14,19H,3-4,11,13,15-16H2,1-2H3,(H,24,27)/t19-/m1/s1. The number of likely N-dealkylation sites (N-methyl/N-ethyl adjacent to an activating group) is 1. The fraction of sp³-hybridized carbons (Fsp3) is 0.391. The number of nitrogens with zero attached hydrogens (tertiary/aromatic N) is 1. The molecule has 2 aromatic carbocycles. The van der Waals surface area contributed by atoms with E-state index in [1.54, 1.807) is 4.90 Å². The van der Waals surface area contributed by atoms with E-state index < -0.39 is 6.04 Å². The van der Waals surface area contributed by atoms with Crippen LogP contribution < -0.4 is 14.8 Å². The smallest absolute Gasteiger partial charge is 0.242 e. The molecule has 0 fully saturated rings. The van der Waals surface area contributed by atoms with Crippen LogP contribution in [0.15, 0.2) is 48.5 Å². The first-order chi connectivity index (χ1) is 14.1. The molecule has 0 unspecified atom stereocenters. The van der Waals surface area contributed by atoms with Gasteiger partial charge in [0.1, 0.15) is 6.04 Å². The van der Waals surface area contributed by atoms with Gasteiger partial charge in [-0.05, 0) is 43.0 Å². The SMILES string of the molecule is CCNC(=O)[C@@H](CC)N(Cc1ccccc1)C(=O)CCc1ccc2c(c1)OCO2. The largest absolute Gasteiger partial charge is 0.454 e. The summed E-state index contributed by atoms with van der Waals surface area (Å²) in [5.41, 5.74) is 2.01. The summed E-state index contributed by atoms with van der Waals surface area (Å²) in [6.45, 7) is 5.00. The third kappa shape index (κ3) is 5.28. The van der Waals surface area contributed by atoms with Crippen LogP contribution in [0.3, 0.4) is 0 Å². The minimum Gasteiger partial charge on any atom is -0.454 e. The first kappa shape index (κ1) is 20.7.